The van der Waals surface area contributed by atoms with Crippen molar-refractivity contribution in [3.05, 3.63) is 29.3 Å². The lowest BCUT2D eigenvalue weighted by atomic mass is 10.1. The van der Waals surface area contributed by atoms with E-state index in [-0.39, 0.29) is 6.42 Å². The molecule has 3 heteroatoms. The van der Waals surface area contributed by atoms with Crippen LogP contribution in [0.4, 0.5) is 5.69 Å². The largest absolute Gasteiger partial charge is 0.481 e. The lowest BCUT2D eigenvalue weighted by Gasteiger charge is -2.11. The number of aliphatic carboxylic acids is 1. The van der Waals surface area contributed by atoms with Crippen LogP contribution in [0, 0.1) is 13.8 Å². The van der Waals surface area contributed by atoms with Crippen LogP contribution in [0.5, 0.6) is 0 Å². The molecule has 2 N–H and O–H groups in total. The van der Waals surface area contributed by atoms with E-state index in [0.29, 0.717) is 6.54 Å². The SMILES string of the molecule is Cc1cccc(C)c1NCCC(=O)O. The van der Waals surface area contributed by atoms with Crippen molar-refractivity contribution in [2.24, 2.45) is 0 Å². The maximum absolute atomic E-state index is 10.3. The molecule has 0 aromatic heterocycles. The first-order valence-electron chi connectivity index (χ1n) is 4.63. The predicted octanol–water partition coefficient (Wildman–Crippen LogP) is 2.19. The third-order valence-corrected chi connectivity index (χ3v) is 2.12. The minimum absolute atomic E-state index is 0.147. The molecule has 0 aliphatic rings. The van der Waals surface area contributed by atoms with Gasteiger partial charge in [0.25, 0.3) is 0 Å². The third-order valence-electron chi connectivity index (χ3n) is 2.12. The number of carbonyl (C=O) groups is 1. The van der Waals surface area contributed by atoms with Gasteiger partial charge in [0.05, 0.1) is 6.42 Å². The Labute approximate surface area is 83.8 Å². The summed E-state index contributed by atoms with van der Waals surface area (Å²) in [7, 11) is 0. The molecule has 0 heterocycles. The first-order valence-corrected chi connectivity index (χ1v) is 4.63. The Kier molecular flexibility index (Phi) is 3.51. The summed E-state index contributed by atoms with van der Waals surface area (Å²) in [5.41, 5.74) is 3.35. The average Bonchev–Trinajstić information content (AvgIpc) is 2.09. The number of aryl methyl sites for hydroxylation is 2. The van der Waals surface area contributed by atoms with Gasteiger partial charge in [-0.2, -0.15) is 0 Å². The molecule has 3 nitrogen and oxygen atoms in total. The van der Waals surface area contributed by atoms with Gasteiger partial charge in [0.15, 0.2) is 0 Å². The molecular formula is C11H15NO2. The fourth-order valence-electron chi connectivity index (χ4n) is 1.39. The Morgan fingerprint density at radius 2 is 1.93 bits per heavy atom. The Morgan fingerprint density at radius 3 is 2.43 bits per heavy atom. The van der Waals surface area contributed by atoms with Crippen LogP contribution in [0.2, 0.25) is 0 Å². The van der Waals surface area contributed by atoms with Crippen molar-refractivity contribution in [1.82, 2.24) is 0 Å². The molecule has 0 atom stereocenters. The van der Waals surface area contributed by atoms with Crippen molar-refractivity contribution in [3.8, 4) is 0 Å². The molecule has 0 fully saturated rings. The Morgan fingerprint density at radius 1 is 1.36 bits per heavy atom. The van der Waals surface area contributed by atoms with Crippen molar-refractivity contribution in [2.45, 2.75) is 20.3 Å². The van der Waals surface area contributed by atoms with E-state index in [1.165, 1.54) is 0 Å². The zero-order chi connectivity index (χ0) is 10.6. The van der Waals surface area contributed by atoms with Crippen LogP contribution in [-0.2, 0) is 4.79 Å². The van der Waals surface area contributed by atoms with Gasteiger partial charge >= 0.3 is 5.97 Å². The molecule has 0 spiro atoms. The van der Waals surface area contributed by atoms with Crippen molar-refractivity contribution in [3.63, 3.8) is 0 Å². The molecule has 0 aliphatic heterocycles. The number of para-hydroxylation sites is 1. The van der Waals surface area contributed by atoms with Crippen LogP contribution in [-0.4, -0.2) is 17.6 Å². The van der Waals surface area contributed by atoms with Gasteiger partial charge in [-0.3, -0.25) is 4.79 Å². The predicted molar refractivity (Wildman–Crippen MR) is 56.7 cm³/mol. The average molecular weight is 193 g/mol. The summed E-state index contributed by atoms with van der Waals surface area (Å²) in [5.74, 6) is -0.774. The minimum atomic E-state index is -0.774. The Bertz CT molecular complexity index is 314. The summed E-state index contributed by atoms with van der Waals surface area (Å²) in [6.07, 6.45) is 0.147. The number of carboxylic acids is 1. The summed E-state index contributed by atoms with van der Waals surface area (Å²) in [5, 5.41) is 11.6. The molecule has 1 aromatic rings. The summed E-state index contributed by atoms with van der Waals surface area (Å²) < 4.78 is 0. The maximum Gasteiger partial charge on any atom is 0.305 e. The molecule has 0 saturated carbocycles. The maximum atomic E-state index is 10.3. The number of hydrogen-bond acceptors (Lipinski definition) is 2. The topological polar surface area (TPSA) is 49.3 Å². The van der Waals surface area contributed by atoms with E-state index >= 15 is 0 Å². The smallest absolute Gasteiger partial charge is 0.305 e. The molecule has 0 amide bonds. The molecule has 0 radical (unpaired) electrons. The highest BCUT2D eigenvalue weighted by atomic mass is 16.4. The van der Waals surface area contributed by atoms with Crippen LogP contribution in [0.15, 0.2) is 18.2 Å². The highest BCUT2D eigenvalue weighted by molar-refractivity contribution is 5.68. The minimum Gasteiger partial charge on any atom is -0.481 e. The molecule has 76 valence electrons. The van der Waals surface area contributed by atoms with Gasteiger partial charge in [0, 0.05) is 12.2 Å². The van der Waals surface area contributed by atoms with Gasteiger partial charge in [-0.15, -0.1) is 0 Å². The van der Waals surface area contributed by atoms with Gasteiger partial charge < -0.3 is 10.4 Å². The van der Waals surface area contributed by atoms with Gasteiger partial charge in [0.2, 0.25) is 0 Å². The highest BCUT2D eigenvalue weighted by Gasteiger charge is 2.01. The van der Waals surface area contributed by atoms with Crippen LogP contribution in [0.3, 0.4) is 0 Å². The van der Waals surface area contributed by atoms with E-state index in [9.17, 15) is 4.79 Å². The molecule has 0 saturated heterocycles. The van der Waals surface area contributed by atoms with Gasteiger partial charge in [-0.1, -0.05) is 18.2 Å². The molecule has 0 unspecified atom stereocenters. The second kappa shape index (κ2) is 4.65. The lowest BCUT2D eigenvalue weighted by molar-refractivity contribution is -0.136. The second-order valence-corrected chi connectivity index (χ2v) is 3.34. The van der Waals surface area contributed by atoms with E-state index in [0.717, 1.165) is 16.8 Å². The van der Waals surface area contributed by atoms with Crippen LogP contribution in [0.25, 0.3) is 0 Å². The monoisotopic (exact) mass is 193 g/mol. The fourth-order valence-corrected chi connectivity index (χ4v) is 1.39. The number of benzene rings is 1. The number of anilines is 1. The van der Waals surface area contributed by atoms with E-state index in [4.69, 9.17) is 5.11 Å². The van der Waals surface area contributed by atoms with E-state index in [1.54, 1.807) is 0 Å². The standard InChI is InChI=1S/C11H15NO2/c1-8-4-3-5-9(2)11(8)12-7-6-10(13)14/h3-5,12H,6-7H2,1-2H3,(H,13,14). The van der Waals surface area contributed by atoms with Crippen molar-refractivity contribution in [2.75, 3.05) is 11.9 Å². The highest BCUT2D eigenvalue weighted by Crippen LogP contribution is 2.18. The number of rotatable bonds is 4. The first kappa shape index (κ1) is 10.6. The lowest BCUT2D eigenvalue weighted by Crippen LogP contribution is -2.09. The zero-order valence-corrected chi connectivity index (χ0v) is 8.50. The van der Waals surface area contributed by atoms with Crippen molar-refractivity contribution in [1.29, 1.82) is 0 Å². The summed E-state index contributed by atoms with van der Waals surface area (Å²) in [4.78, 5) is 10.3. The Hall–Kier alpha value is -1.51. The number of hydrogen-bond donors (Lipinski definition) is 2. The van der Waals surface area contributed by atoms with Gasteiger partial charge in [-0.05, 0) is 25.0 Å². The van der Waals surface area contributed by atoms with Crippen molar-refractivity contribution < 1.29 is 9.90 Å². The van der Waals surface area contributed by atoms with E-state index in [1.807, 2.05) is 32.0 Å². The normalized spacial score (nSPS) is 9.86. The molecule has 0 bridgehead atoms. The summed E-state index contributed by atoms with van der Waals surface area (Å²) >= 11 is 0. The van der Waals surface area contributed by atoms with E-state index < -0.39 is 5.97 Å². The summed E-state index contributed by atoms with van der Waals surface area (Å²) in [6.45, 7) is 4.49. The van der Waals surface area contributed by atoms with Crippen LogP contribution in [0.1, 0.15) is 17.5 Å². The zero-order valence-electron chi connectivity index (χ0n) is 8.50. The number of carboxylic acid groups (broad SMARTS) is 1. The first-order chi connectivity index (χ1) is 6.61. The second-order valence-electron chi connectivity index (χ2n) is 3.34. The van der Waals surface area contributed by atoms with E-state index in [2.05, 4.69) is 5.32 Å². The molecule has 0 aliphatic carbocycles. The number of nitrogens with one attached hydrogen (secondary N) is 1. The van der Waals surface area contributed by atoms with Crippen LogP contribution >= 0.6 is 0 Å². The fraction of sp³-hybridized carbons (Fsp3) is 0.364. The Balaban J connectivity index is 2.62. The molecule has 1 rings (SSSR count). The quantitative estimate of drug-likeness (QED) is 0.770. The molecule has 1 aromatic carbocycles. The molecular weight excluding hydrogens is 178 g/mol. The van der Waals surface area contributed by atoms with Crippen molar-refractivity contribution >= 4 is 11.7 Å². The van der Waals surface area contributed by atoms with Gasteiger partial charge in [0.1, 0.15) is 0 Å². The molecule has 14 heavy (non-hydrogen) atoms. The third kappa shape index (κ3) is 2.76. The van der Waals surface area contributed by atoms with Crippen LogP contribution < -0.4 is 5.32 Å². The van der Waals surface area contributed by atoms with Gasteiger partial charge in [-0.25, -0.2) is 0 Å². The summed E-state index contributed by atoms with van der Waals surface area (Å²) in [6, 6.07) is 6.01.